The molecule has 2 N–H and O–H groups in total. The Kier molecular flexibility index (Phi) is 8.07. The molecule has 0 aliphatic heterocycles. The second-order valence-corrected chi connectivity index (χ2v) is 6.23. The fourth-order valence-electron chi connectivity index (χ4n) is 2.06. The van der Waals surface area contributed by atoms with Crippen molar-refractivity contribution in [2.24, 2.45) is 4.99 Å². The number of thiazole rings is 1. The van der Waals surface area contributed by atoms with Crippen molar-refractivity contribution in [2.45, 2.75) is 26.9 Å². The largest absolute Gasteiger partial charge is 0.352 e. The van der Waals surface area contributed by atoms with Crippen molar-refractivity contribution in [3.63, 3.8) is 0 Å². The van der Waals surface area contributed by atoms with Crippen LogP contribution < -0.4 is 10.6 Å². The number of benzene rings is 1. The maximum Gasteiger partial charge on any atom is 0.191 e. The molecule has 0 fully saturated rings. The van der Waals surface area contributed by atoms with E-state index < -0.39 is 5.82 Å². The Hall–Kier alpha value is -1.73. The van der Waals surface area contributed by atoms with Gasteiger partial charge in [-0.25, -0.2) is 9.37 Å². The minimum absolute atomic E-state index is 0. The molecular formula is C16H19FIN5S. The molecule has 1 aromatic carbocycles. The SMILES string of the molecule is CN=C(NCc1ccc(C#N)cc1F)NCc1sc(C)nc1C.I. The zero-order valence-electron chi connectivity index (χ0n) is 13.7. The Bertz CT molecular complexity index is 766. The summed E-state index contributed by atoms with van der Waals surface area (Å²) in [5.41, 5.74) is 1.80. The van der Waals surface area contributed by atoms with E-state index in [0.717, 1.165) is 15.6 Å². The van der Waals surface area contributed by atoms with E-state index in [4.69, 9.17) is 5.26 Å². The van der Waals surface area contributed by atoms with Gasteiger partial charge in [-0.05, 0) is 26.0 Å². The number of aryl methyl sites for hydroxylation is 2. The van der Waals surface area contributed by atoms with Crippen molar-refractivity contribution in [1.29, 1.82) is 5.26 Å². The summed E-state index contributed by atoms with van der Waals surface area (Å²) in [6.45, 7) is 4.86. The molecule has 0 atom stereocenters. The fourth-order valence-corrected chi connectivity index (χ4v) is 2.94. The Morgan fingerprint density at radius 1 is 1.33 bits per heavy atom. The van der Waals surface area contributed by atoms with Gasteiger partial charge < -0.3 is 10.6 Å². The average Bonchev–Trinajstić information content (AvgIpc) is 2.86. The highest BCUT2D eigenvalue weighted by Gasteiger charge is 2.07. The van der Waals surface area contributed by atoms with Crippen LogP contribution in [0.2, 0.25) is 0 Å². The summed E-state index contributed by atoms with van der Waals surface area (Å²) in [6.07, 6.45) is 0. The lowest BCUT2D eigenvalue weighted by Crippen LogP contribution is -2.36. The number of nitrogens with one attached hydrogen (secondary N) is 2. The Morgan fingerprint density at radius 3 is 2.58 bits per heavy atom. The second kappa shape index (κ2) is 9.54. The molecule has 5 nitrogen and oxygen atoms in total. The zero-order valence-corrected chi connectivity index (χ0v) is 16.8. The molecule has 1 heterocycles. The van der Waals surface area contributed by atoms with Gasteiger partial charge in [0.2, 0.25) is 0 Å². The van der Waals surface area contributed by atoms with Crippen LogP contribution >= 0.6 is 35.3 Å². The van der Waals surface area contributed by atoms with E-state index in [1.165, 1.54) is 6.07 Å². The second-order valence-electron chi connectivity index (χ2n) is 4.94. The summed E-state index contributed by atoms with van der Waals surface area (Å²) in [5.74, 6) is 0.181. The summed E-state index contributed by atoms with van der Waals surface area (Å²) in [7, 11) is 1.66. The predicted octanol–water partition coefficient (Wildman–Crippen LogP) is 3.25. The van der Waals surface area contributed by atoms with Crippen molar-refractivity contribution < 1.29 is 4.39 Å². The highest BCUT2D eigenvalue weighted by molar-refractivity contribution is 14.0. The number of guanidine groups is 1. The van der Waals surface area contributed by atoms with Crippen LogP contribution in [0.4, 0.5) is 4.39 Å². The van der Waals surface area contributed by atoms with Gasteiger partial charge in [0.1, 0.15) is 5.82 Å². The number of hydrogen-bond acceptors (Lipinski definition) is 4. The van der Waals surface area contributed by atoms with Crippen LogP contribution in [0.1, 0.15) is 26.7 Å². The molecule has 8 heteroatoms. The van der Waals surface area contributed by atoms with Crippen LogP contribution in [-0.4, -0.2) is 18.0 Å². The van der Waals surface area contributed by atoms with E-state index in [2.05, 4.69) is 20.6 Å². The third-order valence-corrected chi connectivity index (χ3v) is 4.34. The van der Waals surface area contributed by atoms with Crippen molar-refractivity contribution >= 4 is 41.3 Å². The molecule has 0 amide bonds. The van der Waals surface area contributed by atoms with Gasteiger partial charge in [0.15, 0.2) is 5.96 Å². The lowest BCUT2D eigenvalue weighted by atomic mass is 10.1. The van der Waals surface area contributed by atoms with E-state index in [-0.39, 0.29) is 30.5 Å². The molecule has 0 unspecified atom stereocenters. The quantitative estimate of drug-likeness (QED) is 0.419. The van der Waals surface area contributed by atoms with Crippen molar-refractivity contribution in [1.82, 2.24) is 15.6 Å². The topological polar surface area (TPSA) is 73.1 Å². The van der Waals surface area contributed by atoms with Crippen molar-refractivity contribution in [2.75, 3.05) is 7.05 Å². The third kappa shape index (κ3) is 5.42. The first kappa shape index (κ1) is 20.3. The normalized spacial score (nSPS) is 10.7. The molecule has 0 saturated heterocycles. The van der Waals surface area contributed by atoms with Gasteiger partial charge >= 0.3 is 0 Å². The molecule has 24 heavy (non-hydrogen) atoms. The highest BCUT2D eigenvalue weighted by atomic mass is 127. The van der Waals surface area contributed by atoms with Crippen LogP contribution in [0.3, 0.4) is 0 Å². The fraction of sp³-hybridized carbons (Fsp3) is 0.312. The van der Waals surface area contributed by atoms with Crippen molar-refractivity contribution in [3.05, 3.63) is 50.7 Å². The Labute approximate surface area is 162 Å². The first-order valence-corrected chi connectivity index (χ1v) is 7.91. The number of aromatic nitrogens is 1. The lowest BCUT2D eigenvalue weighted by Gasteiger charge is -2.12. The average molecular weight is 459 g/mol. The number of aliphatic imine (C=N–C) groups is 1. The van der Waals surface area contributed by atoms with E-state index >= 15 is 0 Å². The van der Waals surface area contributed by atoms with E-state index in [0.29, 0.717) is 23.6 Å². The maximum absolute atomic E-state index is 13.8. The summed E-state index contributed by atoms with van der Waals surface area (Å²) in [4.78, 5) is 9.65. The summed E-state index contributed by atoms with van der Waals surface area (Å²) in [6, 6.07) is 6.35. The third-order valence-electron chi connectivity index (χ3n) is 3.27. The molecule has 0 saturated carbocycles. The molecule has 0 radical (unpaired) electrons. The number of rotatable bonds is 4. The standard InChI is InChI=1S/C16H18FN5S.HI/c1-10-15(23-11(2)22-10)9-21-16(19-3)20-8-13-5-4-12(7-18)6-14(13)17;/h4-6H,8-9H2,1-3H3,(H2,19,20,21);1H. The molecular weight excluding hydrogens is 440 g/mol. The van der Waals surface area contributed by atoms with Gasteiger partial charge in [-0.3, -0.25) is 4.99 Å². The number of nitrogens with zero attached hydrogens (tertiary/aromatic N) is 3. The van der Waals surface area contributed by atoms with Crippen LogP contribution in [0.5, 0.6) is 0 Å². The molecule has 0 aliphatic carbocycles. The van der Waals surface area contributed by atoms with Gasteiger partial charge in [-0.1, -0.05) is 6.07 Å². The Morgan fingerprint density at radius 2 is 2.04 bits per heavy atom. The van der Waals surface area contributed by atoms with Crippen LogP contribution in [-0.2, 0) is 13.1 Å². The van der Waals surface area contributed by atoms with Gasteiger partial charge in [0.25, 0.3) is 0 Å². The first-order chi connectivity index (χ1) is 11.0. The molecule has 0 spiro atoms. The monoisotopic (exact) mass is 459 g/mol. The molecule has 1 aromatic heterocycles. The van der Waals surface area contributed by atoms with Crippen LogP contribution in [0, 0.1) is 31.0 Å². The zero-order chi connectivity index (χ0) is 16.8. The van der Waals surface area contributed by atoms with E-state index in [1.807, 2.05) is 19.9 Å². The van der Waals surface area contributed by atoms with E-state index in [9.17, 15) is 4.39 Å². The number of nitriles is 1. The van der Waals surface area contributed by atoms with E-state index in [1.54, 1.807) is 30.5 Å². The summed E-state index contributed by atoms with van der Waals surface area (Å²) in [5, 5.41) is 16.0. The minimum atomic E-state index is -0.402. The van der Waals surface area contributed by atoms with Crippen LogP contribution in [0.15, 0.2) is 23.2 Å². The first-order valence-electron chi connectivity index (χ1n) is 7.09. The highest BCUT2D eigenvalue weighted by Crippen LogP contribution is 2.16. The van der Waals surface area contributed by atoms with Gasteiger partial charge in [0, 0.05) is 24.0 Å². The Balaban J connectivity index is 0.00000288. The molecule has 128 valence electrons. The molecule has 2 rings (SSSR count). The molecule has 0 bridgehead atoms. The number of hydrogen-bond donors (Lipinski definition) is 2. The van der Waals surface area contributed by atoms with Crippen molar-refractivity contribution in [3.8, 4) is 6.07 Å². The van der Waals surface area contributed by atoms with Gasteiger partial charge in [-0.15, -0.1) is 35.3 Å². The smallest absolute Gasteiger partial charge is 0.191 e. The summed E-state index contributed by atoms with van der Waals surface area (Å²) >= 11 is 1.64. The molecule has 0 aliphatic rings. The maximum atomic E-state index is 13.8. The van der Waals surface area contributed by atoms with Crippen LogP contribution in [0.25, 0.3) is 0 Å². The van der Waals surface area contributed by atoms with Gasteiger partial charge in [-0.2, -0.15) is 5.26 Å². The summed E-state index contributed by atoms with van der Waals surface area (Å²) < 4.78 is 13.8. The molecule has 2 aromatic rings. The lowest BCUT2D eigenvalue weighted by molar-refractivity contribution is 0.604. The number of halogens is 2. The van der Waals surface area contributed by atoms with Gasteiger partial charge in [0.05, 0.1) is 28.9 Å². The predicted molar refractivity (Wildman–Crippen MR) is 105 cm³/mol. The minimum Gasteiger partial charge on any atom is -0.352 e.